The van der Waals surface area contributed by atoms with Gasteiger partial charge in [-0.05, 0) is 35.9 Å². The lowest BCUT2D eigenvalue weighted by Gasteiger charge is -2.28. The molecular weight excluding hydrogens is 450 g/mol. The highest BCUT2D eigenvalue weighted by Gasteiger charge is 2.34. The first-order valence-electron chi connectivity index (χ1n) is 9.91. The lowest BCUT2D eigenvalue weighted by atomic mass is 9.86. The summed E-state index contributed by atoms with van der Waals surface area (Å²) in [5, 5.41) is 4.02. The summed E-state index contributed by atoms with van der Waals surface area (Å²) in [7, 11) is 4.91. The van der Waals surface area contributed by atoms with Crippen LogP contribution in [0.15, 0.2) is 52.4 Å². The van der Waals surface area contributed by atoms with E-state index >= 15 is 0 Å². The number of carbonyl (C=O) groups excluding carboxylic acids is 1. The minimum Gasteiger partial charge on any atom is -0.497 e. The van der Waals surface area contributed by atoms with Crippen LogP contribution in [0.3, 0.4) is 0 Å². The van der Waals surface area contributed by atoms with Gasteiger partial charge in [0.05, 0.1) is 19.8 Å². The Balaban J connectivity index is 1.76. The van der Waals surface area contributed by atoms with Gasteiger partial charge in [0, 0.05) is 35.7 Å². The van der Waals surface area contributed by atoms with Crippen LogP contribution in [0.1, 0.15) is 29.0 Å². The van der Waals surface area contributed by atoms with Crippen molar-refractivity contribution in [2.24, 2.45) is 7.05 Å². The molecule has 1 amide bonds. The Morgan fingerprint density at radius 1 is 1.19 bits per heavy atom. The van der Waals surface area contributed by atoms with E-state index in [1.54, 1.807) is 44.0 Å². The molecule has 166 valence electrons. The van der Waals surface area contributed by atoms with E-state index in [0.717, 1.165) is 5.56 Å². The van der Waals surface area contributed by atoms with E-state index in [2.05, 4.69) is 10.3 Å². The summed E-state index contributed by atoms with van der Waals surface area (Å²) in [4.78, 5) is 30.1. The van der Waals surface area contributed by atoms with Crippen LogP contribution in [0.25, 0.3) is 0 Å². The molecular formula is C23H22ClN3O4S. The van der Waals surface area contributed by atoms with Gasteiger partial charge in [-0.15, -0.1) is 0 Å². The van der Waals surface area contributed by atoms with Crippen LogP contribution < -0.4 is 20.3 Å². The van der Waals surface area contributed by atoms with E-state index in [4.69, 9.17) is 21.1 Å². The third-order valence-electron chi connectivity index (χ3n) is 5.37. The Morgan fingerprint density at radius 3 is 2.72 bits per heavy atom. The number of nitrogens with one attached hydrogen (secondary N) is 1. The normalized spacial score (nSPS) is 15.1. The van der Waals surface area contributed by atoms with Crippen LogP contribution in [0.2, 0.25) is 5.02 Å². The number of hydrogen-bond donors (Lipinski definition) is 1. The third kappa shape index (κ3) is 4.33. The number of amides is 1. The van der Waals surface area contributed by atoms with Gasteiger partial charge in [0.25, 0.3) is 5.56 Å². The van der Waals surface area contributed by atoms with Crippen LogP contribution in [0.5, 0.6) is 11.5 Å². The Morgan fingerprint density at radius 2 is 2.00 bits per heavy atom. The number of aromatic nitrogens is 2. The summed E-state index contributed by atoms with van der Waals surface area (Å²) < 4.78 is 12.6. The Kier molecular flexibility index (Phi) is 6.43. The van der Waals surface area contributed by atoms with Gasteiger partial charge in [0.15, 0.2) is 5.16 Å². The quantitative estimate of drug-likeness (QED) is 0.428. The van der Waals surface area contributed by atoms with E-state index in [1.165, 1.54) is 11.8 Å². The number of halogens is 1. The van der Waals surface area contributed by atoms with E-state index < -0.39 is 5.92 Å². The van der Waals surface area contributed by atoms with Crippen LogP contribution in [0.4, 0.5) is 5.82 Å². The fraction of sp³-hybridized carbons (Fsp3) is 0.261. The third-order valence-corrected chi connectivity index (χ3v) is 6.71. The molecule has 4 rings (SSSR count). The zero-order chi connectivity index (χ0) is 22.8. The number of nitrogens with zero attached hydrogens (tertiary/aromatic N) is 2. The van der Waals surface area contributed by atoms with Crippen molar-refractivity contribution in [3.63, 3.8) is 0 Å². The lowest BCUT2D eigenvalue weighted by Crippen LogP contribution is -2.33. The first-order valence-corrected chi connectivity index (χ1v) is 11.3. The number of methoxy groups -OCH3 is 2. The van der Waals surface area contributed by atoms with E-state index in [1.807, 2.05) is 24.3 Å². The van der Waals surface area contributed by atoms with Crippen LogP contribution in [0, 0.1) is 0 Å². The molecule has 32 heavy (non-hydrogen) atoms. The van der Waals surface area contributed by atoms with Crippen molar-refractivity contribution in [3.8, 4) is 11.5 Å². The number of thioether (sulfide) groups is 1. The predicted molar refractivity (Wildman–Crippen MR) is 125 cm³/mol. The number of hydrogen-bond acceptors (Lipinski definition) is 6. The molecule has 2 aromatic carbocycles. The number of carbonyl (C=O) groups is 1. The minimum absolute atomic E-state index is 0.114. The highest BCUT2D eigenvalue weighted by molar-refractivity contribution is 7.98. The minimum atomic E-state index is -0.498. The Bertz CT molecular complexity index is 1240. The van der Waals surface area contributed by atoms with Crippen LogP contribution in [-0.4, -0.2) is 29.7 Å². The zero-order valence-corrected chi connectivity index (χ0v) is 19.4. The highest BCUT2D eigenvalue weighted by Crippen LogP contribution is 2.41. The molecule has 1 atom stereocenters. The molecule has 0 saturated heterocycles. The van der Waals surface area contributed by atoms with Gasteiger partial charge in [0.1, 0.15) is 17.3 Å². The number of rotatable bonds is 6. The van der Waals surface area contributed by atoms with Crippen molar-refractivity contribution in [1.29, 1.82) is 0 Å². The SMILES string of the molecule is COc1ccc(OC)c(C2CC(=O)Nc3c2c(=O)nc(SCc2cccc(Cl)c2)n3C)c1. The number of anilines is 1. The maximum absolute atomic E-state index is 13.2. The largest absolute Gasteiger partial charge is 0.497 e. The molecule has 0 aliphatic carbocycles. The van der Waals surface area contributed by atoms with Crippen molar-refractivity contribution in [2.75, 3.05) is 19.5 Å². The predicted octanol–water partition coefficient (Wildman–Crippen LogP) is 4.22. The van der Waals surface area contributed by atoms with Crippen LogP contribution in [-0.2, 0) is 17.6 Å². The molecule has 0 bridgehead atoms. The molecule has 1 aliphatic heterocycles. The second kappa shape index (κ2) is 9.26. The number of ether oxygens (including phenoxy) is 2. The molecule has 1 aliphatic rings. The molecule has 1 unspecified atom stereocenters. The second-order valence-electron chi connectivity index (χ2n) is 7.35. The van der Waals surface area contributed by atoms with Gasteiger partial charge >= 0.3 is 0 Å². The summed E-state index contributed by atoms with van der Waals surface area (Å²) in [6.45, 7) is 0. The Hall–Kier alpha value is -2.97. The van der Waals surface area contributed by atoms with E-state index in [0.29, 0.717) is 44.4 Å². The lowest BCUT2D eigenvalue weighted by molar-refractivity contribution is -0.116. The summed E-state index contributed by atoms with van der Waals surface area (Å²) in [6, 6.07) is 12.9. The highest BCUT2D eigenvalue weighted by atomic mass is 35.5. The number of fused-ring (bicyclic) bond motifs is 1. The monoisotopic (exact) mass is 471 g/mol. The molecule has 1 aromatic heterocycles. The summed E-state index contributed by atoms with van der Waals surface area (Å²) in [5.41, 5.74) is 1.78. The van der Waals surface area contributed by atoms with Gasteiger partial charge in [-0.2, -0.15) is 4.98 Å². The maximum atomic E-state index is 13.2. The molecule has 9 heteroatoms. The van der Waals surface area contributed by atoms with E-state index in [-0.39, 0.29) is 17.9 Å². The van der Waals surface area contributed by atoms with Gasteiger partial charge in [0.2, 0.25) is 5.91 Å². The van der Waals surface area contributed by atoms with Gasteiger partial charge in [-0.3, -0.25) is 9.59 Å². The summed E-state index contributed by atoms with van der Waals surface area (Å²) in [5.74, 6) is 1.55. The molecule has 2 heterocycles. The van der Waals surface area contributed by atoms with Crippen molar-refractivity contribution < 1.29 is 14.3 Å². The average Bonchev–Trinajstić information content (AvgIpc) is 2.79. The molecule has 3 aromatic rings. The fourth-order valence-corrected chi connectivity index (χ4v) is 4.94. The first-order chi connectivity index (χ1) is 15.4. The maximum Gasteiger partial charge on any atom is 0.279 e. The molecule has 0 radical (unpaired) electrons. The molecule has 0 saturated carbocycles. The van der Waals surface area contributed by atoms with Crippen molar-refractivity contribution in [3.05, 3.63) is 74.5 Å². The second-order valence-corrected chi connectivity index (χ2v) is 8.73. The van der Waals surface area contributed by atoms with Crippen molar-refractivity contribution in [2.45, 2.75) is 23.2 Å². The van der Waals surface area contributed by atoms with Gasteiger partial charge < -0.3 is 19.4 Å². The summed E-state index contributed by atoms with van der Waals surface area (Å²) in [6.07, 6.45) is 0.114. The molecule has 0 fully saturated rings. The topological polar surface area (TPSA) is 82.4 Å². The van der Waals surface area contributed by atoms with Gasteiger partial charge in [-0.1, -0.05) is 35.5 Å². The van der Waals surface area contributed by atoms with Crippen molar-refractivity contribution >= 4 is 35.1 Å². The molecule has 0 spiro atoms. The molecule has 7 nitrogen and oxygen atoms in total. The van der Waals surface area contributed by atoms with E-state index in [9.17, 15) is 9.59 Å². The smallest absolute Gasteiger partial charge is 0.279 e. The van der Waals surface area contributed by atoms with Crippen molar-refractivity contribution in [1.82, 2.24) is 9.55 Å². The summed E-state index contributed by atoms with van der Waals surface area (Å²) >= 11 is 7.47. The molecule has 1 N–H and O–H groups in total. The average molecular weight is 472 g/mol. The Labute approximate surface area is 194 Å². The zero-order valence-electron chi connectivity index (χ0n) is 17.8. The first kappa shape index (κ1) is 22.2. The fourth-order valence-electron chi connectivity index (χ4n) is 3.82. The standard InChI is InChI=1S/C23H22ClN3O4S/c1-27-21-20(22(29)26-23(27)32-12-13-5-4-6-14(24)9-13)17(11-19(28)25-21)16-10-15(30-2)7-8-18(16)31-3/h4-10,17H,11-12H2,1-3H3,(H,25,28). The van der Waals surface area contributed by atoms with Crippen LogP contribution >= 0.6 is 23.4 Å². The van der Waals surface area contributed by atoms with Gasteiger partial charge in [-0.25, -0.2) is 0 Å². The number of benzene rings is 2.